The Balaban J connectivity index is 1.90. The third-order valence-electron chi connectivity index (χ3n) is 4.61. The van der Waals surface area contributed by atoms with Crippen LogP contribution in [0.5, 0.6) is 5.88 Å². The van der Waals surface area contributed by atoms with Crippen LogP contribution in [0.1, 0.15) is 59.0 Å². The number of hydrogen-bond acceptors (Lipinski definition) is 8. The molecule has 0 saturated carbocycles. The molecule has 0 unspecified atom stereocenters. The minimum Gasteiger partial charge on any atom is -0.474 e. The summed E-state index contributed by atoms with van der Waals surface area (Å²) in [4.78, 5) is 26.2. The topological polar surface area (TPSA) is 141 Å². The second-order valence-electron chi connectivity index (χ2n) is 8.05. The van der Waals surface area contributed by atoms with Crippen LogP contribution in [-0.2, 0) is 21.5 Å². The number of hydrazine groups is 1. The van der Waals surface area contributed by atoms with Crippen molar-refractivity contribution in [1.29, 1.82) is 0 Å². The number of nitrogens with two attached hydrogens (primary N) is 1. The van der Waals surface area contributed by atoms with Crippen molar-refractivity contribution in [2.24, 2.45) is 5.84 Å². The monoisotopic (exact) mass is 437 g/mol. The van der Waals surface area contributed by atoms with Crippen molar-refractivity contribution in [3.8, 4) is 5.88 Å². The fourth-order valence-electron chi connectivity index (χ4n) is 3.61. The van der Waals surface area contributed by atoms with Crippen LogP contribution < -0.4 is 21.3 Å². The molecule has 2 aromatic rings. The number of methoxy groups -OCH3 is 1. The number of ether oxygens (including phenoxy) is 3. The van der Waals surface area contributed by atoms with Crippen LogP contribution in [0, 0.1) is 0 Å². The number of nitrogen functional groups attached to an aromatic ring is 1. The van der Waals surface area contributed by atoms with Gasteiger partial charge < -0.3 is 19.5 Å². The molecule has 0 spiro atoms. The summed E-state index contributed by atoms with van der Waals surface area (Å²) in [5.41, 5.74) is 2.47. The molecule has 2 amide bonds. The van der Waals surface area contributed by atoms with E-state index in [0.717, 1.165) is 10.4 Å². The van der Waals surface area contributed by atoms with E-state index >= 15 is 0 Å². The van der Waals surface area contributed by atoms with E-state index in [2.05, 4.69) is 20.9 Å². The molecule has 0 saturated heterocycles. The van der Waals surface area contributed by atoms with Gasteiger partial charge in [-0.1, -0.05) is 0 Å². The maximum atomic E-state index is 12.8. The molecule has 0 fully saturated rings. The summed E-state index contributed by atoms with van der Waals surface area (Å²) in [6, 6.07) is 1.48. The molecule has 0 aliphatic carbocycles. The Morgan fingerprint density at radius 2 is 2.03 bits per heavy atom. The average molecular weight is 438 g/mol. The van der Waals surface area contributed by atoms with Gasteiger partial charge in [0, 0.05) is 24.5 Å². The highest BCUT2D eigenvalue weighted by atomic mass is 32.1. The third-order valence-corrected chi connectivity index (χ3v) is 6.06. The van der Waals surface area contributed by atoms with Crippen molar-refractivity contribution in [1.82, 2.24) is 15.6 Å². The largest absolute Gasteiger partial charge is 0.474 e. The summed E-state index contributed by atoms with van der Waals surface area (Å²) in [7, 11) is 1.57. The Hall–Kier alpha value is -2.47. The number of carbonyl (C=O) groups is 2. The minimum absolute atomic E-state index is 0.198. The lowest BCUT2D eigenvalue weighted by atomic mass is 9.86. The highest BCUT2D eigenvalue weighted by molar-refractivity contribution is 7.17. The molecule has 1 aliphatic rings. The standard InChI is InChI=1S/C19H27N5O5S/c1-18(2)9-10-13(16(26)22-20)17(30-14(10)19(3,4)29-18)21-15(25)11-8-12(24-23-11)28-7-6-27-5/h8H,6-7,9,20H2,1-5H3,(H,21,25)(H,22,26)(H,23,24). The summed E-state index contributed by atoms with van der Waals surface area (Å²) in [5.74, 6) is 4.78. The van der Waals surface area contributed by atoms with E-state index < -0.39 is 23.0 Å². The number of hydrogen-bond donors (Lipinski definition) is 4. The second-order valence-corrected chi connectivity index (χ2v) is 9.07. The van der Waals surface area contributed by atoms with Crippen LogP contribution in [0.3, 0.4) is 0 Å². The lowest BCUT2D eigenvalue weighted by Crippen LogP contribution is -2.42. The molecule has 3 heterocycles. The smallest absolute Gasteiger partial charge is 0.274 e. The van der Waals surface area contributed by atoms with Crippen molar-refractivity contribution in [2.45, 2.75) is 45.3 Å². The SMILES string of the molecule is COCCOc1cc(C(=O)Nc2sc3c(c2C(=O)NN)CC(C)(C)OC3(C)C)[nH]n1. The lowest BCUT2D eigenvalue weighted by Gasteiger charge is -2.41. The van der Waals surface area contributed by atoms with Gasteiger partial charge >= 0.3 is 0 Å². The summed E-state index contributed by atoms with van der Waals surface area (Å²) in [6.45, 7) is 8.53. The van der Waals surface area contributed by atoms with Gasteiger partial charge in [0.25, 0.3) is 11.8 Å². The molecule has 1 aliphatic heterocycles. The Morgan fingerprint density at radius 3 is 2.70 bits per heavy atom. The third kappa shape index (κ3) is 4.48. The maximum absolute atomic E-state index is 12.8. The molecule has 11 heteroatoms. The number of nitrogens with one attached hydrogen (secondary N) is 3. The molecular weight excluding hydrogens is 410 g/mol. The molecule has 5 N–H and O–H groups in total. The van der Waals surface area contributed by atoms with E-state index in [1.165, 1.54) is 17.4 Å². The van der Waals surface area contributed by atoms with Gasteiger partial charge in [0.1, 0.15) is 17.3 Å². The predicted molar refractivity (Wildman–Crippen MR) is 112 cm³/mol. The van der Waals surface area contributed by atoms with Crippen molar-refractivity contribution in [3.05, 3.63) is 27.8 Å². The van der Waals surface area contributed by atoms with Crippen LogP contribution >= 0.6 is 11.3 Å². The summed E-state index contributed by atoms with van der Waals surface area (Å²) in [5, 5.41) is 9.79. The molecule has 0 aromatic carbocycles. The normalized spacial score (nSPS) is 16.6. The van der Waals surface area contributed by atoms with Gasteiger partial charge in [-0.05, 0) is 33.3 Å². The van der Waals surface area contributed by atoms with E-state index in [9.17, 15) is 9.59 Å². The highest BCUT2D eigenvalue weighted by Gasteiger charge is 2.43. The van der Waals surface area contributed by atoms with Gasteiger partial charge in [0.2, 0.25) is 5.88 Å². The number of aromatic nitrogens is 2. The van der Waals surface area contributed by atoms with E-state index in [0.29, 0.717) is 30.2 Å². The Bertz CT molecular complexity index is 949. The number of nitrogens with zero attached hydrogens (tertiary/aromatic N) is 1. The van der Waals surface area contributed by atoms with Gasteiger partial charge in [-0.25, -0.2) is 5.84 Å². The molecule has 30 heavy (non-hydrogen) atoms. The zero-order valence-corrected chi connectivity index (χ0v) is 18.5. The number of carbonyl (C=O) groups excluding carboxylic acids is 2. The number of aromatic amines is 1. The summed E-state index contributed by atoms with van der Waals surface area (Å²) in [6.07, 6.45) is 0.516. The first-order chi connectivity index (χ1) is 14.1. The van der Waals surface area contributed by atoms with E-state index in [1.54, 1.807) is 7.11 Å². The van der Waals surface area contributed by atoms with E-state index in [-0.39, 0.29) is 11.6 Å². The lowest BCUT2D eigenvalue weighted by molar-refractivity contribution is -0.135. The zero-order chi connectivity index (χ0) is 22.1. The number of thiophene rings is 1. The number of rotatable bonds is 7. The van der Waals surface area contributed by atoms with Gasteiger partial charge in [-0.15, -0.1) is 16.4 Å². The van der Waals surface area contributed by atoms with Crippen LogP contribution in [0.4, 0.5) is 5.00 Å². The van der Waals surface area contributed by atoms with Crippen molar-refractivity contribution < 1.29 is 23.8 Å². The molecule has 3 rings (SSSR count). The van der Waals surface area contributed by atoms with Crippen LogP contribution in [0.15, 0.2) is 6.07 Å². The van der Waals surface area contributed by atoms with Crippen molar-refractivity contribution in [3.63, 3.8) is 0 Å². The summed E-state index contributed by atoms with van der Waals surface area (Å²) < 4.78 is 16.5. The van der Waals surface area contributed by atoms with E-state index in [1.807, 2.05) is 27.7 Å². The molecule has 0 atom stereocenters. The number of amides is 2. The molecule has 0 radical (unpaired) electrons. The number of fused-ring (bicyclic) bond motifs is 1. The quantitative estimate of drug-likeness (QED) is 0.224. The molecule has 0 bridgehead atoms. The molecular formula is C19H27N5O5S. The first-order valence-electron chi connectivity index (χ1n) is 9.43. The highest BCUT2D eigenvalue weighted by Crippen LogP contribution is 2.48. The zero-order valence-electron chi connectivity index (χ0n) is 17.7. The maximum Gasteiger partial charge on any atom is 0.274 e. The van der Waals surface area contributed by atoms with Crippen LogP contribution in [0.25, 0.3) is 0 Å². The number of H-pyrrole nitrogens is 1. The van der Waals surface area contributed by atoms with Crippen LogP contribution in [0.2, 0.25) is 0 Å². The minimum atomic E-state index is -0.620. The van der Waals surface area contributed by atoms with Crippen molar-refractivity contribution in [2.75, 3.05) is 25.6 Å². The summed E-state index contributed by atoms with van der Waals surface area (Å²) >= 11 is 1.30. The molecule has 164 valence electrons. The first kappa shape index (κ1) is 22.2. The van der Waals surface area contributed by atoms with E-state index in [4.69, 9.17) is 20.1 Å². The van der Waals surface area contributed by atoms with Gasteiger partial charge in [-0.2, -0.15) is 0 Å². The second kappa shape index (κ2) is 8.34. The van der Waals surface area contributed by atoms with Crippen molar-refractivity contribution >= 4 is 28.2 Å². The fourth-order valence-corrected chi connectivity index (χ4v) is 4.86. The Kier molecular flexibility index (Phi) is 6.18. The van der Waals surface area contributed by atoms with Crippen LogP contribution in [-0.4, -0.2) is 47.9 Å². The molecule has 2 aromatic heterocycles. The Labute approximate surface area is 178 Å². The number of anilines is 1. The van der Waals surface area contributed by atoms with Gasteiger partial charge in [-0.3, -0.25) is 20.1 Å². The Morgan fingerprint density at radius 1 is 1.30 bits per heavy atom. The van der Waals surface area contributed by atoms with Gasteiger partial charge in [0.05, 0.1) is 23.4 Å². The average Bonchev–Trinajstić information content (AvgIpc) is 3.25. The molecule has 10 nitrogen and oxygen atoms in total. The first-order valence-corrected chi connectivity index (χ1v) is 10.3. The fraction of sp³-hybridized carbons (Fsp3) is 0.526. The predicted octanol–water partition coefficient (Wildman–Crippen LogP) is 1.94. The van der Waals surface area contributed by atoms with Gasteiger partial charge in [0.15, 0.2) is 0 Å².